The van der Waals surface area contributed by atoms with Crippen molar-refractivity contribution in [2.24, 2.45) is 0 Å². The fourth-order valence-electron chi connectivity index (χ4n) is 6.13. The third kappa shape index (κ3) is 1.89. The van der Waals surface area contributed by atoms with E-state index in [2.05, 4.69) is 109 Å². The standard InChI is InChI=1S/C32H18/c1-7-19-9-3-17-27-29(19)21(11-1)23-13-5-15-25(31(23)27)26-16-6-14-24-22-12-2-8-20-10-4-18-28(30(20)22)32(24)26/h1-18H. The molecular weight excluding hydrogens is 384 g/mol. The molecule has 0 spiro atoms. The van der Waals surface area contributed by atoms with Crippen LogP contribution >= 0.6 is 0 Å². The molecule has 0 radical (unpaired) electrons. The molecule has 0 aromatic heterocycles. The summed E-state index contributed by atoms with van der Waals surface area (Å²) in [7, 11) is 0. The van der Waals surface area contributed by atoms with Gasteiger partial charge in [0.25, 0.3) is 0 Å². The molecule has 6 aromatic rings. The number of hydrogen-bond donors (Lipinski definition) is 0. The molecule has 2 aliphatic carbocycles. The Morgan fingerprint density at radius 1 is 0.250 bits per heavy atom. The Hall–Kier alpha value is -4.16. The Balaban J connectivity index is 1.50. The van der Waals surface area contributed by atoms with E-state index >= 15 is 0 Å². The molecular formula is C32H18. The van der Waals surface area contributed by atoms with Crippen molar-refractivity contribution in [1.29, 1.82) is 0 Å². The summed E-state index contributed by atoms with van der Waals surface area (Å²) in [5.74, 6) is 0. The molecule has 0 saturated carbocycles. The predicted molar refractivity (Wildman–Crippen MR) is 136 cm³/mol. The molecule has 0 nitrogen and oxygen atoms in total. The van der Waals surface area contributed by atoms with E-state index in [0.717, 1.165) is 0 Å². The zero-order valence-electron chi connectivity index (χ0n) is 17.4. The van der Waals surface area contributed by atoms with Gasteiger partial charge in [0.15, 0.2) is 0 Å². The lowest BCUT2D eigenvalue weighted by Crippen LogP contribution is -1.89. The topological polar surface area (TPSA) is 0 Å². The van der Waals surface area contributed by atoms with E-state index in [-0.39, 0.29) is 0 Å². The van der Waals surface area contributed by atoms with Crippen molar-refractivity contribution >= 4 is 21.5 Å². The van der Waals surface area contributed by atoms with Crippen LogP contribution < -0.4 is 0 Å². The van der Waals surface area contributed by atoms with Crippen LogP contribution in [0.3, 0.4) is 0 Å². The summed E-state index contributed by atoms with van der Waals surface area (Å²) < 4.78 is 0. The Bertz CT molecular complexity index is 1620. The molecule has 8 rings (SSSR count). The highest BCUT2D eigenvalue weighted by molar-refractivity contribution is 6.21. The van der Waals surface area contributed by atoms with E-state index in [1.807, 2.05) is 0 Å². The van der Waals surface area contributed by atoms with Crippen molar-refractivity contribution in [2.75, 3.05) is 0 Å². The van der Waals surface area contributed by atoms with Crippen LogP contribution in [0.2, 0.25) is 0 Å². The van der Waals surface area contributed by atoms with Gasteiger partial charge in [-0.25, -0.2) is 0 Å². The van der Waals surface area contributed by atoms with E-state index < -0.39 is 0 Å². The van der Waals surface area contributed by atoms with Crippen molar-refractivity contribution in [1.82, 2.24) is 0 Å². The second-order valence-corrected chi connectivity index (χ2v) is 8.87. The highest BCUT2D eigenvalue weighted by Crippen LogP contribution is 2.55. The zero-order valence-corrected chi connectivity index (χ0v) is 17.4. The van der Waals surface area contributed by atoms with E-state index in [4.69, 9.17) is 0 Å². The van der Waals surface area contributed by atoms with E-state index in [9.17, 15) is 0 Å². The Labute approximate surface area is 186 Å². The van der Waals surface area contributed by atoms with E-state index in [0.29, 0.717) is 0 Å². The van der Waals surface area contributed by atoms with Crippen LogP contribution in [0.5, 0.6) is 0 Å². The molecule has 0 saturated heterocycles. The third-order valence-corrected chi connectivity index (χ3v) is 7.35. The van der Waals surface area contributed by atoms with Gasteiger partial charge in [0.05, 0.1) is 0 Å². The highest BCUT2D eigenvalue weighted by atomic mass is 14.3. The average molecular weight is 402 g/mol. The van der Waals surface area contributed by atoms with Gasteiger partial charge in [-0.3, -0.25) is 0 Å². The minimum Gasteiger partial charge on any atom is -0.0610 e. The molecule has 0 unspecified atom stereocenters. The van der Waals surface area contributed by atoms with Crippen molar-refractivity contribution in [3.05, 3.63) is 109 Å². The lowest BCUT2D eigenvalue weighted by molar-refractivity contribution is 1.61. The average Bonchev–Trinajstić information content (AvgIpc) is 3.36. The first-order chi connectivity index (χ1) is 15.9. The predicted octanol–water partition coefficient (Wildman–Crippen LogP) is 8.95. The zero-order chi connectivity index (χ0) is 20.8. The fraction of sp³-hybridized carbons (Fsp3) is 0. The van der Waals surface area contributed by atoms with Gasteiger partial charge in [-0.1, -0.05) is 109 Å². The maximum absolute atomic E-state index is 2.31. The minimum atomic E-state index is 1.32. The van der Waals surface area contributed by atoms with Crippen molar-refractivity contribution in [3.63, 3.8) is 0 Å². The quantitative estimate of drug-likeness (QED) is 0.257. The smallest absolute Gasteiger partial charge is 0.00199 e. The lowest BCUT2D eigenvalue weighted by Gasteiger charge is -2.15. The summed E-state index contributed by atoms with van der Waals surface area (Å²) in [6.45, 7) is 0. The van der Waals surface area contributed by atoms with Crippen LogP contribution in [-0.4, -0.2) is 0 Å². The molecule has 0 amide bonds. The van der Waals surface area contributed by atoms with Gasteiger partial charge < -0.3 is 0 Å². The lowest BCUT2D eigenvalue weighted by atomic mass is 9.88. The van der Waals surface area contributed by atoms with Crippen LogP contribution in [-0.2, 0) is 0 Å². The largest absolute Gasteiger partial charge is 0.0610 e. The summed E-state index contributed by atoms with van der Waals surface area (Å²) in [6.07, 6.45) is 0. The van der Waals surface area contributed by atoms with Gasteiger partial charge in [-0.2, -0.15) is 0 Å². The first-order valence-electron chi connectivity index (χ1n) is 11.2. The van der Waals surface area contributed by atoms with E-state index in [1.165, 1.54) is 77.2 Å². The normalized spacial score (nSPS) is 12.4. The number of benzene rings is 6. The first kappa shape index (κ1) is 16.5. The van der Waals surface area contributed by atoms with Crippen LogP contribution in [0.1, 0.15) is 0 Å². The van der Waals surface area contributed by atoms with Gasteiger partial charge in [0, 0.05) is 0 Å². The molecule has 0 fully saturated rings. The summed E-state index contributed by atoms with van der Waals surface area (Å²) in [5, 5.41) is 5.40. The molecule has 0 atom stereocenters. The minimum absolute atomic E-state index is 1.32. The highest BCUT2D eigenvalue weighted by Gasteiger charge is 2.28. The van der Waals surface area contributed by atoms with Gasteiger partial charge in [-0.15, -0.1) is 0 Å². The third-order valence-electron chi connectivity index (χ3n) is 7.35. The maximum Gasteiger partial charge on any atom is -0.00199 e. The summed E-state index contributed by atoms with van der Waals surface area (Å²) >= 11 is 0. The van der Waals surface area contributed by atoms with Gasteiger partial charge in [0.2, 0.25) is 0 Å². The fourth-order valence-corrected chi connectivity index (χ4v) is 6.13. The van der Waals surface area contributed by atoms with Crippen LogP contribution in [0.25, 0.3) is 77.2 Å². The number of rotatable bonds is 1. The van der Waals surface area contributed by atoms with Gasteiger partial charge in [0.1, 0.15) is 0 Å². The monoisotopic (exact) mass is 402 g/mol. The molecule has 0 aliphatic heterocycles. The molecule has 0 heteroatoms. The van der Waals surface area contributed by atoms with Crippen molar-refractivity contribution in [2.45, 2.75) is 0 Å². The van der Waals surface area contributed by atoms with Gasteiger partial charge >= 0.3 is 0 Å². The Morgan fingerprint density at radius 3 is 0.938 bits per heavy atom. The second-order valence-electron chi connectivity index (χ2n) is 8.87. The summed E-state index contributed by atoms with van der Waals surface area (Å²) in [4.78, 5) is 0. The van der Waals surface area contributed by atoms with Crippen LogP contribution in [0, 0.1) is 0 Å². The second kappa shape index (κ2) is 5.75. The van der Waals surface area contributed by atoms with E-state index in [1.54, 1.807) is 0 Å². The molecule has 2 aliphatic rings. The molecule has 32 heavy (non-hydrogen) atoms. The molecule has 0 bridgehead atoms. The Kier molecular flexibility index (Phi) is 2.97. The molecule has 6 aromatic carbocycles. The maximum atomic E-state index is 2.31. The Morgan fingerprint density at radius 2 is 0.531 bits per heavy atom. The SMILES string of the molecule is c1cc(-c2cccc3c2-c2cccc4cccc-3c24)c2c(c1)-c1cccc3cccc-2c13. The number of hydrogen-bond acceptors (Lipinski definition) is 0. The van der Waals surface area contributed by atoms with Crippen molar-refractivity contribution < 1.29 is 0 Å². The van der Waals surface area contributed by atoms with Crippen LogP contribution in [0.15, 0.2) is 109 Å². The van der Waals surface area contributed by atoms with Gasteiger partial charge in [-0.05, 0) is 77.2 Å². The van der Waals surface area contributed by atoms with Crippen LogP contribution in [0.4, 0.5) is 0 Å². The summed E-state index contributed by atoms with van der Waals surface area (Å²) in [6, 6.07) is 40.4. The number of fused-ring (bicyclic) bond motifs is 6. The first-order valence-corrected chi connectivity index (χ1v) is 11.2. The summed E-state index contributed by atoms with van der Waals surface area (Å²) in [5.41, 5.74) is 13.5. The molecule has 146 valence electrons. The van der Waals surface area contributed by atoms with Crippen molar-refractivity contribution in [3.8, 4) is 55.6 Å². The molecule has 0 N–H and O–H groups in total. The molecule has 0 heterocycles.